The molecule has 1 aliphatic heterocycles. The van der Waals surface area contributed by atoms with E-state index < -0.39 is 0 Å². The number of piperidine rings is 1. The molecule has 1 fully saturated rings. The molecule has 0 saturated carbocycles. The number of hydrogen-bond acceptors (Lipinski definition) is 9. The van der Waals surface area contributed by atoms with Crippen molar-refractivity contribution in [3.63, 3.8) is 0 Å². The van der Waals surface area contributed by atoms with Gasteiger partial charge in [-0.2, -0.15) is 5.26 Å². The molecule has 5 aromatic rings. The van der Waals surface area contributed by atoms with Crippen LogP contribution in [0.2, 0.25) is 0 Å². The van der Waals surface area contributed by atoms with Crippen molar-refractivity contribution in [3.8, 4) is 23.1 Å². The normalized spacial score (nSPS) is 15.2. The van der Waals surface area contributed by atoms with Crippen molar-refractivity contribution < 1.29 is 0 Å². The summed E-state index contributed by atoms with van der Waals surface area (Å²) in [6.45, 7) is 5.00. The van der Waals surface area contributed by atoms with E-state index in [1.54, 1.807) is 18.6 Å². The number of pyridine rings is 2. The predicted molar refractivity (Wildman–Crippen MR) is 150 cm³/mol. The number of imidazole rings is 1. The lowest BCUT2D eigenvalue weighted by molar-refractivity contribution is 0.175. The van der Waals surface area contributed by atoms with Gasteiger partial charge >= 0.3 is 0 Å². The fourth-order valence-electron chi connectivity index (χ4n) is 5.07. The number of rotatable bonds is 6. The molecular formula is C29H28N10. The van der Waals surface area contributed by atoms with Gasteiger partial charge in [0, 0.05) is 49.5 Å². The van der Waals surface area contributed by atoms with E-state index in [2.05, 4.69) is 61.3 Å². The second-order valence-corrected chi connectivity index (χ2v) is 10.1. The monoisotopic (exact) mass is 516 g/mol. The molecule has 0 radical (unpaired) electrons. The Morgan fingerprint density at radius 3 is 2.49 bits per heavy atom. The Morgan fingerprint density at radius 2 is 1.72 bits per heavy atom. The zero-order valence-electron chi connectivity index (χ0n) is 21.6. The van der Waals surface area contributed by atoms with Gasteiger partial charge in [0.1, 0.15) is 23.2 Å². The van der Waals surface area contributed by atoms with Gasteiger partial charge < -0.3 is 11.1 Å². The molecule has 4 aromatic heterocycles. The Hall–Kier alpha value is -4.88. The van der Waals surface area contributed by atoms with Crippen LogP contribution in [0.15, 0.2) is 73.2 Å². The van der Waals surface area contributed by atoms with Gasteiger partial charge in [0.15, 0.2) is 11.5 Å². The summed E-state index contributed by atoms with van der Waals surface area (Å²) in [7, 11) is 0. The lowest BCUT2D eigenvalue weighted by Gasteiger charge is -2.40. The van der Waals surface area contributed by atoms with Crippen LogP contribution in [0.25, 0.3) is 28.2 Å². The maximum absolute atomic E-state index is 9.08. The number of nitrogens with one attached hydrogen (secondary N) is 1. The highest BCUT2D eigenvalue weighted by Gasteiger charge is 2.30. The van der Waals surface area contributed by atoms with Crippen LogP contribution in [0.5, 0.6) is 0 Å². The standard InChI is InChI=1S/C29H28N10/c1-29(37-24-10-15-32-25(18-30)36-24)11-16-38(17-12-29)19-20-6-8-21(9-7-20)39-27(22-4-2-13-33-26(22)31)35-23-5-3-14-34-28(23)39/h2-10,13-15H,11-12,16-17,19H2,1H3,(H2,31,33)(H,32,36,37). The van der Waals surface area contributed by atoms with Gasteiger partial charge in [0.2, 0.25) is 5.82 Å². The van der Waals surface area contributed by atoms with Crippen LogP contribution in [0.3, 0.4) is 0 Å². The Kier molecular flexibility index (Phi) is 6.34. The van der Waals surface area contributed by atoms with Crippen molar-refractivity contribution in [1.29, 1.82) is 5.26 Å². The average Bonchev–Trinajstić information content (AvgIpc) is 3.34. The van der Waals surface area contributed by atoms with Crippen LogP contribution in [0.4, 0.5) is 11.6 Å². The van der Waals surface area contributed by atoms with E-state index in [1.165, 1.54) is 5.56 Å². The third kappa shape index (κ3) is 5.00. The number of nitrogens with zero attached hydrogens (tertiary/aromatic N) is 8. The summed E-state index contributed by atoms with van der Waals surface area (Å²) in [5.74, 6) is 2.03. The molecule has 0 amide bonds. The highest BCUT2D eigenvalue weighted by Crippen LogP contribution is 2.31. The molecule has 0 atom stereocenters. The lowest BCUT2D eigenvalue weighted by Crippen LogP contribution is -2.47. The maximum atomic E-state index is 9.08. The van der Waals surface area contributed by atoms with Gasteiger partial charge in [0.25, 0.3) is 0 Å². The van der Waals surface area contributed by atoms with Crippen molar-refractivity contribution in [2.75, 3.05) is 24.1 Å². The van der Waals surface area contributed by atoms with Gasteiger partial charge in [-0.05, 0) is 67.8 Å². The summed E-state index contributed by atoms with van der Waals surface area (Å²) >= 11 is 0. The van der Waals surface area contributed by atoms with Gasteiger partial charge in [0.05, 0.1) is 5.56 Å². The predicted octanol–water partition coefficient (Wildman–Crippen LogP) is 4.19. The number of nitriles is 1. The summed E-state index contributed by atoms with van der Waals surface area (Å²) in [6, 6.07) is 20.0. The second-order valence-electron chi connectivity index (χ2n) is 10.1. The van der Waals surface area contributed by atoms with E-state index in [1.807, 2.05) is 41.0 Å². The Labute approximate surface area is 226 Å². The zero-order chi connectivity index (χ0) is 26.8. The minimum Gasteiger partial charge on any atom is -0.383 e. The average molecular weight is 517 g/mol. The summed E-state index contributed by atoms with van der Waals surface area (Å²) < 4.78 is 2.04. The Bertz CT molecular complexity index is 1660. The molecule has 194 valence electrons. The molecule has 1 aromatic carbocycles. The highest BCUT2D eigenvalue weighted by molar-refractivity contribution is 5.82. The van der Waals surface area contributed by atoms with Gasteiger partial charge in [-0.15, -0.1) is 0 Å². The summed E-state index contributed by atoms with van der Waals surface area (Å²) in [5, 5.41) is 12.6. The molecule has 10 nitrogen and oxygen atoms in total. The third-order valence-electron chi connectivity index (χ3n) is 7.24. The van der Waals surface area contributed by atoms with E-state index in [0.29, 0.717) is 11.6 Å². The molecule has 0 bridgehead atoms. The SMILES string of the molecule is CC1(Nc2ccnc(C#N)n2)CCN(Cc2ccc(-n3c(-c4cccnc4N)nc4cccnc43)cc2)CC1. The van der Waals surface area contributed by atoms with Crippen molar-refractivity contribution in [2.45, 2.75) is 31.8 Å². The third-order valence-corrected chi connectivity index (χ3v) is 7.24. The van der Waals surface area contributed by atoms with Crippen LogP contribution < -0.4 is 11.1 Å². The van der Waals surface area contributed by atoms with E-state index in [4.69, 9.17) is 16.0 Å². The first-order chi connectivity index (χ1) is 19.0. The van der Waals surface area contributed by atoms with Crippen LogP contribution in [0.1, 0.15) is 31.2 Å². The molecule has 10 heteroatoms. The lowest BCUT2D eigenvalue weighted by atomic mass is 9.89. The van der Waals surface area contributed by atoms with Crippen molar-refractivity contribution in [2.24, 2.45) is 0 Å². The molecule has 5 heterocycles. The smallest absolute Gasteiger partial charge is 0.234 e. The number of aromatic nitrogens is 6. The van der Waals surface area contributed by atoms with Gasteiger partial charge in [-0.25, -0.2) is 24.9 Å². The number of benzene rings is 1. The molecule has 0 spiro atoms. The fraction of sp³-hybridized carbons (Fsp3) is 0.241. The molecule has 0 unspecified atom stereocenters. The Balaban J connectivity index is 1.17. The molecule has 3 N–H and O–H groups in total. The number of nitrogen functional groups attached to an aromatic ring is 1. The topological polar surface area (TPSA) is 134 Å². The minimum atomic E-state index is -0.0819. The van der Waals surface area contributed by atoms with Crippen LogP contribution in [0, 0.1) is 11.3 Å². The number of fused-ring (bicyclic) bond motifs is 1. The first kappa shape index (κ1) is 24.5. The number of anilines is 2. The number of hydrogen-bond donors (Lipinski definition) is 2. The highest BCUT2D eigenvalue weighted by atomic mass is 15.2. The number of nitrogens with two attached hydrogens (primary N) is 1. The van der Waals surface area contributed by atoms with Crippen LogP contribution >= 0.6 is 0 Å². The summed E-state index contributed by atoms with van der Waals surface area (Å²) in [5.41, 5.74) is 10.7. The molecule has 0 aliphatic carbocycles. The fourth-order valence-corrected chi connectivity index (χ4v) is 5.07. The molecular weight excluding hydrogens is 488 g/mol. The summed E-state index contributed by atoms with van der Waals surface area (Å²) in [6.07, 6.45) is 7.02. The van der Waals surface area contributed by atoms with Crippen molar-refractivity contribution in [3.05, 3.63) is 84.6 Å². The second kappa shape index (κ2) is 10.1. The van der Waals surface area contributed by atoms with E-state index in [-0.39, 0.29) is 11.4 Å². The minimum absolute atomic E-state index is 0.0819. The molecule has 1 saturated heterocycles. The van der Waals surface area contributed by atoms with Crippen LogP contribution in [-0.2, 0) is 6.54 Å². The largest absolute Gasteiger partial charge is 0.383 e. The zero-order valence-corrected chi connectivity index (χ0v) is 21.6. The van der Waals surface area contributed by atoms with E-state index in [9.17, 15) is 0 Å². The van der Waals surface area contributed by atoms with E-state index >= 15 is 0 Å². The van der Waals surface area contributed by atoms with Crippen molar-refractivity contribution in [1.82, 2.24) is 34.4 Å². The number of likely N-dealkylation sites (tertiary alicyclic amines) is 1. The quantitative estimate of drug-likeness (QED) is 0.340. The maximum Gasteiger partial charge on any atom is 0.234 e. The van der Waals surface area contributed by atoms with Crippen LogP contribution in [-0.4, -0.2) is 53.0 Å². The van der Waals surface area contributed by atoms with Gasteiger partial charge in [-0.1, -0.05) is 12.1 Å². The molecule has 6 rings (SSSR count). The van der Waals surface area contributed by atoms with Crippen molar-refractivity contribution >= 4 is 22.8 Å². The summed E-state index contributed by atoms with van der Waals surface area (Å²) in [4.78, 5) is 24.4. The first-order valence-electron chi connectivity index (χ1n) is 12.9. The Morgan fingerprint density at radius 1 is 0.949 bits per heavy atom. The molecule has 1 aliphatic rings. The van der Waals surface area contributed by atoms with Gasteiger partial charge in [-0.3, -0.25) is 9.47 Å². The van der Waals surface area contributed by atoms with E-state index in [0.717, 1.165) is 60.7 Å². The molecule has 39 heavy (non-hydrogen) atoms. The first-order valence-corrected chi connectivity index (χ1v) is 12.9.